The van der Waals surface area contributed by atoms with Gasteiger partial charge in [0, 0.05) is 15.8 Å². The summed E-state index contributed by atoms with van der Waals surface area (Å²) in [4.78, 5) is 53.9. The van der Waals surface area contributed by atoms with Crippen LogP contribution in [0.15, 0.2) is 66.7 Å². The van der Waals surface area contributed by atoms with Crippen LogP contribution in [0.5, 0.6) is 0 Å². The summed E-state index contributed by atoms with van der Waals surface area (Å²) in [5.74, 6) is -3.18. The van der Waals surface area contributed by atoms with Gasteiger partial charge in [-0.05, 0) is 80.6 Å². The molecule has 8 nitrogen and oxygen atoms in total. The molecule has 2 N–H and O–H groups in total. The minimum absolute atomic E-state index is 0.00471. The monoisotopic (exact) mass is 676 g/mol. The van der Waals surface area contributed by atoms with E-state index in [1.807, 2.05) is 48.5 Å². The van der Waals surface area contributed by atoms with Crippen molar-refractivity contribution in [3.05, 3.63) is 110 Å². The number of ketones is 1. The second-order valence-electron chi connectivity index (χ2n) is 12.2. The fourth-order valence-corrected chi connectivity index (χ4v) is 6.76. The van der Waals surface area contributed by atoms with Gasteiger partial charge >= 0.3 is 12.1 Å². The lowest BCUT2D eigenvalue weighted by Crippen LogP contribution is -2.46. The van der Waals surface area contributed by atoms with Crippen molar-refractivity contribution in [2.75, 3.05) is 11.9 Å². The Balaban J connectivity index is 1.36. The molecular weight excluding hydrogens is 643 g/mol. The number of amides is 2. The van der Waals surface area contributed by atoms with Crippen LogP contribution in [0.4, 0.5) is 14.2 Å². The maximum atomic E-state index is 14.7. The summed E-state index contributed by atoms with van der Waals surface area (Å²) in [5, 5.41) is 5.48. The second kappa shape index (κ2) is 13.7. The third kappa shape index (κ3) is 7.55. The largest absolute Gasteiger partial charge is 0.460 e. The average Bonchev–Trinajstić information content (AvgIpc) is 3.47. The number of benzene rings is 3. The Morgan fingerprint density at radius 1 is 0.957 bits per heavy atom. The van der Waals surface area contributed by atoms with Gasteiger partial charge in [0.25, 0.3) is 0 Å². The number of hydrogen-bond donors (Lipinski definition) is 2. The van der Waals surface area contributed by atoms with Crippen molar-refractivity contribution in [3.8, 4) is 11.1 Å². The van der Waals surface area contributed by atoms with Crippen molar-refractivity contribution in [1.82, 2.24) is 5.32 Å². The molecule has 1 aliphatic carbocycles. The first-order valence-corrected chi connectivity index (χ1v) is 16.2. The molecule has 47 heavy (non-hydrogen) atoms. The zero-order valence-corrected chi connectivity index (χ0v) is 28.1. The number of rotatable bonds is 9. The van der Waals surface area contributed by atoms with Crippen LogP contribution in [-0.2, 0) is 19.1 Å². The molecule has 0 spiro atoms. The summed E-state index contributed by atoms with van der Waals surface area (Å²) in [7, 11) is 0. The third-order valence-electron chi connectivity index (χ3n) is 7.77. The van der Waals surface area contributed by atoms with Gasteiger partial charge in [-0.15, -0.1) is 11.3 Å². The third-order valence-corrected chi connectivity index (χ3v) is 9.13. The molecule has 4 aromatic rings. The second-order valence-corrected chi connectivity index (χ2v) is 13.9. The molecule has 0 radical (unpaired) electrons. The van der Waals surface area contributed by atoms with E-state index in [9.17, 15) is 23.6 Å². The molecule has 5 rings (SSSR count). The van der Waals surface area contributed by atoms with E-state index in [0.29, 0.717) is 10.4 Å². The molecule has 1 heterocycles. The zero-order chi connectivity index (χ0) is 34.0. The van der Waals surface area contributed by atoms with E-state index in [1.54, 1.807) is 34.6 Å². The van der Waals surface area contributed by atoms with Gasteiger partial charge in [-0.25, -0.2) is 9.18 Å². The first-order chi connectivity index (χ1) is 22.2. The number of esters is 1. The van der Waals surface area contributed by atoms with E-state index in [-0.39, 0.29) is 33.7 Å². The highest BCUT2D eigenvalue weighted by Gasteiger charge is 2.32. The van der Waals surface area contributed by atoms with Gasteiger partial charge in [-0.1, -0.05) is 60.1 Å². The van der Waals surface area contributed by atoms with Crippen LogP contribution in [0, 0.1) is 19.7 Å². The van der Waals surface area contributed by atoms with Crippen LogP contribution in [0.3, 0.4) is 0 Å². The Bertz CT molecular complexity index is 1840. The summed E-state index contributed by atoms with van der Waals surface area (Å²) in [5.41, 5.74) is 3.75. The fraction of sp³-hybridized carbons (Fsp3) is 0.278. The number of carbonyl (C=O) groups excluding carboxylic acids is 4. The first kappa shape index (κ1) is 33.8. The Kier molecular flexibility index (Phi) is 9.84. The lowest BCUT2D eigenvalue weighted by atomic mass is 9.98. The molecule has 0 saturated carbocycles. The Morgan fingerprint density at radius 2 is 1.57 bits per heavy atom. The topological polar surface area (TPSA) is 111 Å². The van der Waals surface area contributed by atoms with Gasteiger partial charge in [0.1, 0.15) is 29.1 Å². The number of aryl methyl sites for hydroxylation is 1. The smallest absolute Gasteiger partial charge is 0.407 e. The van der Waals surface area contributed by atoms with Crippen LogP contribution in [-0.4, -0.2) is 42.0 Å². The van der Waals surface area contributed by atoms with Crippen molar-refractivity contribution >= 4 is 51.7 Å². The quantitative estimate of drug-likeness (QED) is 0.137. The minimum Gasteiger partial charge on any atom is -0.460 e. The van der Waals surface area contributed by atoms with Crippen LogP contribution >= 0.6 is 22.9 Å². The predicted molar refractivity (Wildman–Crippen MR) is 180 cm³/mol. The average molecular weight is 677 g/mol. The predicted octanol–water partition coefficient (Wildman–Crippen LogP) is 7.97. The van der Waals surface area contributed by atoms with Gasteiger partial charge in [0.05, 0.1) is 17.5 Å². The molecule has 1 aromatic heterocycles. The number of nitrogens with one attached hydrogen (secondary N) is 2. The zero-order valence-electron chi connectivity index (χ0n) is 26.5. The number of alkyl carbamates (subject to hydrolysis) is 1. The Hall–Kier alpha value is -4.54. The molecule has 1 atom stereocenters. The van der Waals surface area contributed by atoms with E-state index < -0.39 is 47.6 Å². The maximum absolute atomic E-state index is 14.7. The highest BCUT2D eigenvalue weighted by atomic mass is 35.5. The molecule has 11 heteroatoms. The summed E-state index contributed by atoms with van der Waals surface area (Å²) in [6.45, 7) is 8.50. The van der Waals surface area contributed by atoms with Gasteiger partial charge in [-0.2, -0.15) is 0 Å². The van der Waals surface area contributed by atoms with Crippen LogP contribution in [0.2, 0.25) is 5.02 Å². The maximum Gasteiger partial charge on any atom is 0.407 e. The number of halogens is 2. The number of fused-ring (bicyclic) bond motifs is 3. The summed E-state index contributed by atoms with van der Waals surface area (Å²) in [6.07, 6.45) is -1.42. The van der Waals surface area contributed by atoms with Crippen molar-refractivity contribution in [3.63, 3.8) is 0 Å². The van der Waals surface area contributed by atoms with E-state index in [0.717, 1.165) is 39.7 Å². The number of anilines is 1. The number of hydrogen-bond acceptors (Lipinski definition) is 7. The molecule has 244 valence electrons. The van der Waals surface area contributed by atoms with Gasteiger partial charge in [-0.3, -0.25) is 14.4 Å². The van der Waals surface area contributed by atoms with Gasteiger partial charge in [0.15, 0.2) is 5.78 Å². The molecule has 3 aromatic carbocycles. The van der Waals surface area contributed by atoms with Crippen molar-refractivity contribution in [2.45, 2.75) is 58.6 Å². The van der Waals surface area contributed by atoms with Gasteiger partial charge in [0.2, 0.25) is 5.91 Å². The number of carbonyl (C=O) groups is 4. The highest BCUT2D eigenvalue weighted by Crippen LogP contribution is 2.44. The number of thiophene rings is 1. The Labute approximate surface area is 281 Å². The molecule has 1 unspecified atom stereocenters. The van der Waals surface area contributed by atoms with Crippen molar-refractivity contribution in [2.24, 2.45) is 0 Å². The molecule has 2 amide bonds. The molecule has 1 aliphatic rings. The summed E-state index contributed by atoms with van der Waals surface area (Å²) >= 11 is 7.00. The first-order valence-electron chi connectivity index (χ1n) is 15.0. The molecule has 0 fully saturated rings. The summed E-state index contributed by atoms with van der Waals surface area (Å²) in [6, 6.07) is 18.1. The standard InChI is InChI=1S/C36H34ClFN2O6S/c1-19-20(2)47-34(31(19)32(42)26-15-14-21(37)16-28(26)38)40-33(43)29(17-30(41)46-36(3,4)5)39-35(44)45-18-27-24-12-8-6-10-22(24)23-11-7-9-13-25(23)27/h6-16,27,29H,17-18H2,1-5H3,(H,39,44)(H,40,43). The van der Waals surface area contributed by atoms with E-state index in [2.05, 4.69) is 10.6 Å². The highest BCUT2D eigenvalue weighted by molar-refractivity contribution is 7.16. The van der Waals surface area contributed by atoms with Crippen molar-refractivity contribution in [1.29, 1.82) is 0 Å². The SMILES string of the molecule is Cc1sc(NC(=O)C(CC(=O)OC(C)(C)C)NC(=O)OCC2c3ccccc3-c3ccccc32)c(C(=O)c2ccc(Cl)cc2F)c1C. The van der Waals surface area contributed by atoms with E-state index in [1.165, 1.54) is 12.1 Å². The summed E-state index contributed by atoms with van der Waals surface area (Å²) < 4.78 is 25.8. The van der Waals surface area contributed by atoms with Crippen LogP contribution in [0.25, 0.3) is 11.1 Å². The lowest BCUT2D eigenvalue weighted by Gasteiger charge is -2.23. The van der Waals surface area contributed by atoms with Crippen LogP contribution in [0.1, 0.15) is 70.6 Å². The lowest BCUT2D eigenvalue weighted by molar-refractivity contribution is -0.156. The van der Waals surface area contributed by atoms with Crippen LogP contribution < -0.4 is 10.6 Å². The molecule has 0 aliphatic heterocycles. The van der Waals surface area contributed by atoms with Crippen molar-refractivity contribution < 1.29 is 33.0 Å². The number of ether oxygens (including phenoxy) is 2. The van der Waals surface area contributed by atoms with E-state index >= 15 is 0 Å². The molecular formula is C36H34ClFN2O6S. The normalized spacial score (nSPS) is 12.9. The minimum atomic E-state index is -1.42. The molecule has 0 bridgehead atoms. The van der Waals surface area contributed by atoms with Gasteiger partial charge < -0.3 is 20.1 Å². The molecule has 0 saturated heterocycles. The Morgan fingerprint density at radius 3 is 2.17 bits per heavy atom. The fourth-order valence-electron chi connectivity index (χ4n) is 5.54. The van der Waals surface area contributed by atoms with E-state index in [4.69, 9.17) is 21.1 Å².